The van der Waals surface area contributed by atoms with Crippen molar-refractivity contribution in [2.45, 2.75) is 16.7 Å². The number of benzene rings is 2. The molecule has 2 aromatic carbocycles. The van der Waals surface area contributed by atoms with Crippen LogP contribution in [0.1, 0.15) is 15.9 Å². The van der Waals surface area contributed by atoms with Crippen LogP contribution in [0.15, 0.2) is 52.3 Å². The van der Waals surface area contributed by atoms with Crippen molar-refractivity contribution < 1.29 is 9.90 Å². The largest absolute Gasteiger partial charge is 0.478 e. The predicted octanol–water partition coefficient (Wildman–Crippen LogP) is 3.43. The first-order valence-corrected chi connectivity index (χ1v) is 6.25. The normalized spacial score (nSPS) is 10.3. The maximum absolute atomic E-state index is 10.9. The van der Waals surface area contributed by atoms with Crippen molar-refractivity contribution in [2.24, 2.45) is 0 Å². The van der Waals surface area contributed by atoms with Crippen LogP contribution < -0.4 is 5.73 Å². The molecule has 0 bridgehead atoms. The highest BCUT2D eigenvalue weighted by Gasteiger charge is 2.07. The van der Waals surface area contributed by atoms with Gasteiger partial charge in [0.2, 0.25) is 0 Å². The number of carboxylic acid groups (broad SMARTS) is 1. The van der Waals surface area contributed by atoms with E-state index in [2.05, 4.69) is 0 Å². The third kappa shape index (κ3) is 2.84. The molecule has 0 saturated carbocycles. The Hall–Kier alpha value is -1.94. The summed E-state index contributed by atoms with van der Waals surface area (Å²) in [6, 6.07) is 12.7. The SMILES string of the molecule is Cc1ccc(Sc2cc(C(=O)O)ccc2N)cc1. The molecular weight excluding hydrogens is 246 g/mol. The zero-order valence-electron chi connectivity index (χ0n) is 9.88. The van der Waals surface area contributed by atoms with Crippen LogP contribution in [0.4, 0.5) is 5.69 Å². The van der Waals surface area contributed by atoms with Crippen molar-refractivity contribution in [2.75, 3.05) is 5.73 Å². The molecule has 2 aromatic rings. The monoisotopic (exact) mass is 259 g/mol. The van der Waals surface area contributed by atoms with Gasteiger partial charge in [-0.3, -0.25) is 0 Å². The summed E-state index contributed by atoms with van der Waals surface area (Å²) in [5, 5.41) is 8.95. The predicted molar refractivity (Wildman–Crippen MR) is 73.1 cm³/mol. The molecule has 2 rings (SSSR count). The third-order valence-electron chi connectivity index (χ3n) is 2.51. The van der Waals surface area contributed by atoms with Crippen molar-refractivity contribution in [3.8, 4) is 0 Å². The summed E-state index contributed by atoms with van der Waals surface area (Å²) >= 11 is 1.47. The topological polar surface area (TPSA) is 63.3 Å². The second-order valence-corrected chi connectivity index (χ2v) is 5.09. The Morgan fingerprint density at radius 2 is 1.83 bits per heavy atom. The van der Waals surface area contributed by atoms with Crippen LogP contribution in [-0.4, -0.2) is 11.1 Å². The van der Waals surface area contributed by atoms with Gasteiger partial charge in [0.25, 0.3) is 0 Å². The average molecular weight is 259 g/mol. The van der Waals surface area contributed by atoms with Crippen molar-refractivity contribution >= 4 is 23.4 Å². The standard InChI is InChI=1S/C14H13NO2S/c1-9-2-5-11(6-3-9)18-13-8-10(14(16)17)4-7-12(13)15/h2-8H,15H2,1H3,(H,16,17). The van der Waals surface area contributed by atoms with Crippen LogP contribution in [0.3, 0.4) is 0 Å². The lowest BCUT2D eigenvalue weighted by Crippen LogP contribution is -1.98. The molecule has 0 unspecified atom stereocenters. The van der Waals surface area contributed by atoms with Gasteiger partial charge in [0, 0.05) is 15.5 Å². The summed E-state index contributed by atoms with van der Waals surface area (Å²) < 4.78 is 0. The van der Waals surface area contributed by atoms with Crippen molar-refractivity contribution in [3.05, 3.63) is 53.6 Å². The second-order valence-electron chi connectivity index (χ2n) is 3.97. The summed E-state index contributed by atoms with van der Waals surface area (Å²) in [5.74, 6) is -0.944. The molecule has 0 heterocycles. The van der Waals surface area contributed by atoms with E-state index in [-0.39, 0.29) is 5.56 Å². The summed E-state index contributed by atoms with van der Waals surface area (Å²) in [6.07, 6.45) is 0. The first-order chi connectivity index (χ1) is 8.56. The molecule has 3 N–H and O–H groups in total. The Kier molecular flexibility index (Phi) is 3.58. The van der Waals surface area contributed by atoms with E-state index < -0.39 is 5.97 Å². The molecule has 0 fully saturated rings. The molecule has 18 heavy (non-hydrogen) atoms. The Morgan fingerprint density at radius 3 is 2.44 bits per heavy atom. The Labute approximate surface area is 110 Å². The smallest absolute Gasteiger partial charge is 0.335 e. The molecule has 0 aliphatic heterocycles. The number of hydrogen-bond acceptors (Lipinski definition) is 3. The van der Waals surface area contributed by atoms with Crippen LogP contribution in [-0.2, 0) is 0 Å². The van der Waals surface area contributed by atoms with E-state index >= 15 is 0 Å². The number of aromatic carboxylic acids is 1. The fourth-order valence-corrected chi connectivity index (χ4v) is 2.39. The number of carbonyl (C=O) groups is 1. The maximum Gasteiger partial charge on any atom is 0.335 e. The Balaban J connectivity index is 2.30. The van der Waals surface area contributed by atoms with Gasteiger partial charge in [-0.15, -0.1) is 0 Å². The van der Waals surface area contributed by atoms with Crippen LogP contribution in [0.5, 0.6) is 0 Å². The Morgan fingerprint density at radius 1 is 1.17 bits per heavy atom. The zero-order chi connectivity index (χ0) is 13.1. The number of nitrogens with two attached hydrogens (primary N) is 1. The first kappa shape index (κ1) is 12.5. The van der Waals surface area contributed by atoms with Gasteiger partial charge < -0.3 is 10.8 Å². The van der Waals surface area contributed by atoms with E-state index in [1.54, 1.807) is 12.1 Å². The highest BCUT2D eigenvalue weighted by molar-refractivity contribution is 7.99. The van der Waals surface area contributed by atoms with E-state index in [9.17, 15) is 4.79 Å². The molecule has 3 nitrogen and oxygen atoms in total. The van der Waals surface area contributed by atoms with Gasteiger partial charge in [0.15, 0.2) is 0 Å². The highest BCUT2D eigenvalue weighted by atomic mass is 32.2. The number of aryl methyl sites for hydroxylation is 1. The number of nitrogen functional groups attached to an aromatic ring is 1. The van der Waals surface area contributed by atoms with E-state index in [1.165, 1.54) is 23.4 Å². The van der Waals surface area contributed by atoms with Gasteiger partial charge >= 0.3 is 5.97 Å². The van der Waals surface area contributed by atoms with Gasteiger partial charge in [-0.1, -0.05) is 29.5 Å². The molecule has 0 radical (unpaired) electrons. The molecular formula is C14H13NO2S. The Bertz CT molecular complexity index is 579. The van der Waals surface area contributed by atoms with Crippen LogP contribution in [0.2, 0.25) is 0 Å². The minimum atomic E-state index is -0.944. The van der Waals surface area contributed by atoms with E-state index in [0.29, 0.717) is 5.69 Å². The van der Waals surface area contributed by atoms with Gasteiger partial charge in [-0.2, -0.15) is 0 Å². The highest BCUT2D eigenvalue weighted by Crippen LogP contribution is 2.32. The van der Waals surface area contributed by atoms with Crippen LogP contribution in [0.25, 0.3) is 0 Å². The molecule has 92 valence electrons. The minimum absolute atomic E-state index is 0.249. The number of anilines is 1. The molecule has 0 saturated heterocycles. The fourth-order valence-electron chi connectivity index (χ4n) is 1.49. The number of hydrogen-bond donors (Lipinski definition) is 2. The van der Waals surface area contributed by atoms with Crippen LogP contribution >= 0.6 is 11.8 Å². The van der Waals surface area contributed by atoms with Crippen LogP contribution in [0, 0.1) is 6.92 Å². The molecule has 0 aromatic heterocycles. The number of rotatable bonds is 3. The molecule has 0 amide bonds. The maximum atomic E-state index is 10.9. The minimum Gasteiger partial charge on any atom is -0.478 e. The molecule has 4 heteroatoms. The molecule has 0 atom stereocenters. The van der Waals surface area contributed by atoms with Crippen molar-refractivity contribution in [1.29, 1.82) is 0 Å². The lowest BCUT2D eigenvalue weighted by molar-refractivity contribution is 0.0696. The molecule has 0 aliphatic carbocycles. The zero-order valence-corrected chi connectivity index (χ0v) is 10.7. The summed E-state index contributed by atoms with van der Waals surface area (Å²) in [4.78, 5) is 12.7. The third-order valence-corrected chi connectivity index (χ3v) is 3.59. The lowest BCUT2D eigenvalue weighted by Gasteiger charge is -2.06. The lowest BCUT2D eigenvalue weighted by atomic mass is 10.2. The van der Waals surface area contributed by atoms with Crippen molar-refractivity contribution in [3.63, 3.8) is 0 Å². The van der Waals surface area contributed by atoms with Gasteiger partial charge in [0.1, 0.15) is 0 Å². The summed E-state index contributed by atoms with van der Waals surface area (Å²) in [7, 11) is 0. The second kappa shape index (κ2) is 5.14. The van der Waals surface area contributed by atoms with E-state index in [4.69, 9.17) is 10.8 Å². The quantitative estimate of drug-likeness (QED) is 0.829. The summed E-state index contributed by atoms with van der Waals surface area (Å²) in [6.45, 7) is 2.02. The fraction of sp³-hybridized carbons (Fsp3) is 0.0714. The van der Waals surface area contributed by atoms with Gasteiger partial charge in [-0.05, 0) is 37.3 Å². The average Bonchev–Trinajstić information content (AvgIpc) is 2.34. The van der Waals surface area contributed by atoms with E-state index in [0.717, 1.165) is 9.79 Å². The number of carboxylic acids is 1. The first-order valence-electron chi connectivity index (χ1n) is 5.43. The molecule has 0 spiro atoms. The summed E-state index contributed by atoms with van der Waals surface area (Å²) in [5.41, 5.74) is 7.88. The van der Waals surface area contributed by atoms with Crippen molar-refractivity contribution in [1.82, 2.24) is 0 Å². The van der Waals surface area contributed by atoms with Gasteiger partial charge in [-0.25, -0.2) is 4.79 Å². The van der Waals surface area contributed by atoms with Gasteiger partial charge in [0.05, 0.1) is 5.56 Å². The molecule has 0 aliphatic rings. The van der Waals surface area contributed by atoms with E-state index in [1.807, 2.05) is 31.2 Å².